The standard InChI is InChI=1S/C18H18N4O2/c1-12-13(2)22(11-19-12)15-9-7-14(8-10-15)20-18(24)16-5-4-6-17(23)21(16)3/h4-11H,1-3H3,(H,20,24). The highest BCUT2D eigenvalue weighted by molar-refractivity contribution is 6.03. The Kier molecular flexibility index (Phi) is 4.04. The van der Waals surface area contributed by atoms with Gasteiger partial charge in [-0.25, -0.2) is 4.98 Å². The molecular weight excluding hydrogens is 304 g/mol. The largest absolute Gasteiger partial charge is 0.321 e. The first-order valence-electron chi connectivity index (χ1n) is 7.56. The summed E-state index contributed by atoms with van der Waals surface area (Å²) in [5.74, 6) is -0.322. The Morgan fingerprint density at radius 3 is 2.42 bits per heavy atom. The summed E-state index contributed by atoms with van der Waals surface area (Å²) < 4.78 is 3.31. The van der Waals surface area contributed by atoms with Gasteiger partial charge in [0.15, 0.2) is 0 Å². The normalized spacial score (nSPS) is 10.6. The van der Waals surface area contributed by atoms with Crippen molar-refractivity contribution in [3.63, 3.8) is 0 Å². The van der Waals surface area contributed by atoms with Crippen molar-refractivity contribution in [1.29, 1.82) is 0 Å². The van der Waals surface area contributed by atoms with Crippen LogP contribution in [0.1, 0.15) is 21.9 Å². The van der Waals surface area contributed by atoms with Crippen LogP contribution >= 0.6 is 0 Å². The van der Waals surface area contributed by atoms with Crippen LogP contribution in [0.2, 0.25) is 0 Å². The van der Waals surface area contributed by atoms with E-state index in [1.165, 1.54) is 10.6 Å². The number of benzene rings is 1. The van der Waals surface area contributed by atoms with Gasteiger partial charge < -0.3 is 14.5 Å². The van der Waals surface area contributed by atoms with Gasteiger partial charge in [0.1, 0.15) is 5.69 Å². The molecule has 2 heterocycles. The van der Waals surface area contributed by atoms with Gasteiger partial charge in [-0.2, -0.15) is 0 Å². The number of carbonyl (C=O) groups excluding carboxylic acids is 1. The highest BCUT2D eigenvalue weighted by Crippen LogP contribution is 2.17. The van der Waals surface area contributed by atoms with Gasteiger partial charge in [0.2, 0.25) is 0 Å². The molecule has 0 spiro atoms. The van der Waals surface area contributed by atoms with E-state index in [2.05, 4.69) is 10.3 Å². The summed E-state index contributed by atoms with van der Waals surface area (Å²) in [5, 5.41) is 2.80. The molecule has 1 aromatic carbocycles. The topological polar surface area (TPSA) is 68.9 Å². The number of amides is 1. The molecule has 0 aliphatic heterocycles. The lowest BCUT2D eigenvalue weighted by Crippen LogP contribution is -2.25. The molecule has 0 fully saturated rings. The third-order valence-electron chi connectivity index (χ3n) is 4.07. The number of pyridine rings is 1. The summed E-state index contributed by atoms with van der Waals surface area (Å²) in [6.07, 6.45) is 1.78. The number of hydrogen-bond donors (Lipinski definition) is 1. The van der Waals surface area contributed by atoms with E-state index in [1.54, 1.807) is 25.5 Å². The number of nitrogens with zero attached hydrogens (tertiary/aromatic N) is 3. The summed E-state index contributed by atoms with van der Waals surface area (Å²) in [5.41, 5.74) is 3.79. The lowest BCUT2D eigenvalue weighted by atomic mass is 10.2. The van der Waals surface area contributed by atoms with Crippen LogP contribution in [0, 0.1) is 13.8 Å². The van der Waals surface area contributed by atoms with E-state index >= 15 is 0 Å². The lowest BCUT2D eigenvalue weighted by Gasteiger charge is -2.10. The van der Waals surface area contributed by atoms with Gasteiger partial charge in [-0.15, -0.1) is 0 Å². The molecule has 3 rings (SSSR count). The van der Waals surface area contributed by atoms with Crippen molar-refractivity contribution >= 4 is 11.6 Å². The maximum atomic E-state index is 12.3. The minimum Gasteiger partial charge on any atom is -0.321 e. The minimum absolute atomic E-state index is 0.219. The Morgan fingerprint density at radius 1 is 1.08 bits per heavy atom. The molecule has 0 bridgehead atoms. The first kappa shape index (κ1) is 15.7. The van der Waals surface area contributed by atoms with Gasteiger partial charge in [-0.1, -0.05) is 6.07 Å². The molecule has 122 valence electrons. The Morgan fingerprint density at radius 2 is 1.79 bits per heavy atom. The number of aromatic nitrogens is 3. The lowest BCUT2D eigenvalue weighted by molar-refractivity contribution is 0.101. The predicted molar refractivity (Wildman–Crippen MR) is 92.7 cm³/mol. The highest BCUT2D eigenvalue weighted by atomic mass is 16.2. The van der Waals surface area contributed by atoms with Crippen molar-refractivity contribution in [1.82, 2.24) is 14.1 Å². The Labute approximate surface area is 139 Å². The van der Waals surface area contributed by atoms with Crippen LogP contribution in [-0.2, 0) is 7.05 Å². The molecule has 0 atom stereocenters. The van der Waals surface area contributed by atoms with E-state index in [0.717, 1.165) is 17.1 Å². The first-order chi connectivity index (χ1) is 11.5. The monoisotopic (exact) mass is 322 g/mol. The van der Waals surface area contributed by atoms with Gasteiger partial charge >= 0.3 is 0 Å². The average Bonchev–Trinajstić information content (AvgIpc) is 2.90. The third-order valence-corrected chi connectivity index (χ3v) is 4.07. The zero-order valence-corrected chi connectivity index (χ0v) is 13.8. The molecule has 6 heteroatoms. The maximum Gasteiger partial charge on any atom is 0.272 e. The summed E-state index contributed by atoms with van der Waals surface area (Å²) in [7, 11) is 1.57. The van der Waals surface area contributed by atoms with Crippen LogP contribution < -0.4 is 10.9 Å². The highest BCUT2D eigenvalue weighted by Gasteiger charge is 2.10. The van der Waals surface area contributed by atoms with Crippen LogP contribution in [0.25, 0.3) is 5.69 Å². The molecule has 0 saturated carbocycles. The number of aryl methyl sites for hydroxylation is 1. The Balaban J connectivity index is 1.82. The number of carbonyl (C=O) groups is 1. The van der Waals surface area contributed by atoms with Gasteiger partial charge in [-0.3, -0.25) is 9.59 Å². The second-order valence-corrected chi connectivity index (χ2v) is 5.59. The fourth-order valence-electron chi connectivity index (χ4n) is 2.45. The van der Waals surface area contributed by atoms with Gasteiger partial charge in [0.05, 0.1) is 12.0 Å². The van der Waals surface area contributed by atoms with Crippen molar-refractivity contribution < 1.29 is 4.79 Å². The smallest absolute Gasteiger partial charge is 0.272 e. The molecule has 0 radical (unpaired) electrons. The number of hydrogen-bond acceptors (Lipinski definition) is 3. The van der Waals surface area contributed by atoms with Crippen LogP contribution in [-0.4, -0.2) is 20.0 Å². The molecule has 0 aliphatic carbocycles. The summed E-state index contributed by atoms with van der Waals surface area (Å²) >= 11 is 0. The van der Waals surface area contributed by atoms with Crippen LogP contribution in [0.5, 0.6) is 0 Å². The molecule has 2 aromatic heterocycles. The summed E-state index contributed by atoms with van der Waals surface area (Å²) in [6.45, 7) is 3.97. The van der Waals surface area contributed by atoms with Gasteiger partial charge in [0, 0.05) is 30.2 Å². The molecule has 24 heavy (non-hydrogen) atoms. The SMILES string of the molecule is Cc1ncn(-c2ccc(NC(=O)c3cccc(=O)n3C)cc2)c1C. The van der Waals surface area contributed by atoms with Crippen molar-refractivity contribution in [2.45, 2.75) is 13.8 Å². The van der Waals surface area contributed by atoms with Crippen LogP contribution in [0.15, 0.2) is 53.6 Å². The molecule has 1 amide bonds. The van der Waals surface area contributed by atoms with E-state index in [9.17, 15) is 9.59 Å². The van der Waals surface area contributed by atoms with Crippen molar-refractivity contribution in [3.8, 4) is 5.69 Å². The zero-order valence-electron chi connectivity index (χ0n) is 13.8. The molecular formula is C18H18N4O2. The van der Waals surface area contributed by atoms with Crippen molar-refractivity contribution in [2.75, 3.05) is 5.32 Å². The summed E-state index contributed by atoms with van der Waals surface area (Å²) in [6, 6.07) is 12.1. The minimum atomic E-state index is -0.322. The van der Waals surface area contributed by atoms with E-state index in [-0.39, 0.29) is 11.5 Å². The number of rotatable bonds is 3. The number of imidazole rings is 1. The molecule has 0 saturated heterocycles. The fourth-order valence-corrected chi connectivity index (χ4v) is 2.45. The van der Waals surface area contributed by atoms with Crippen LogP contribution in [0.4, 0.5) is 5.69 Å². The quantitative estimate of drug-likeness (QED) is 0.805. The Hall–Kier alpha value is -3.15. The average molecular weight is 322 g/mol. The number of nitrogens with one attached hydrogen (secondary N) is 1. The third kappa shape index (κ3) is 2.86. The second kappa shape index (κ2) is 6.16. The van der Waals surface area contributed by atoms with E-state index < -0.39 is 0 Å². The van der Waals surface area contributed by atoms with Crippen molar-refractivity contribution in [2.24, 2.45) is 7.05 Å². The van der Waals surface area contributed by atoms with Gasteiger partial charge in [0.25, 0.3) is 11.5 Å². The predicted octanol–water partition coefficient (Wildman–Crippen LogP) is 2.44. The molecule has 0 aliphatic rings. The zero-order chi connectivity index (χ0) is 17.3. The second-order valence-electron chi connectivity index (χ2n) is 5.59. The maximum absolute atomic E-state index is 12.3. The Bertz CT molecular complexity index is 952. The molecule has 6 nitrogen and oxygen atoms in total. The van der Waals surface area contributed by atoms with Crippen LogP contribution in [0.3, 0.4) is 0 Å². The van der Waals surface area contributed by atoms with Crippen molar-refractivity contribution in [3.05, 3.63) is 76.2 Å². The summed E-state index contributed by atoms with van der Waals surface area (Å²) in [4.78, 5) is 28.2. The van der Waals surface area contributed by atoms with E-state index in [0.29, 0.717) is 11.4 Å². The molecule has 0 unspecified atom stereocenters. The van der Waals surface area contributed by atoms with E-state index in [1.807, 2.05) is 42.7 Å². The fraction of sp³-hybridized carbons (Fsp3) is 0.167. The van der Waals surface area contributed by atoms with E-state index in [4.69, 9.17) is 0 Å². The molecule has 3 aromatic rings. The molecule has 1 N–H and O–H groups in total. The number of anilines is 1. The first-order valence-corrected chi connectivity index (χ1v) is 7.56. The van der Waals surface area contributed by atoms with Gasteiger partial charge in [-0.05, 0) is 44.2 Å².